The zero-order chi connectivity index (χ0) is 23.6. The lowest BCUT2D eigenvalue weighted by molar-refractivity contribution is -0.137. The van der Waals surface area contributed by atoms with Crippen molar-refractivity contribution in [3.63, 3.8) is 0 Å². The molecule has 0 saturated heterocycles. The van der Waals surface area contributed by atoms with Gasteiger partial charge in [0.1, 0.15) is 12.2 Å². The number of hydrogen-bond donors (Lipinski definition) is 0. The van der Waals surface area contributed by atoms with Crippen molar-refractivity contribution in [3.8, 4) is 11.5 Å². The van der Waals surface area contributed by atoms with Crippen LogP contribution in [-0.2, 0) is 28.5 Å². The van der Waals surface area contributed by atoms with Gasteiger partial charge in [0.05, 0.1) is 26.9 Å². The van der Waals surface area contributed by atoms with E-state index in [2.05, 4.69) is 11.3 Å². The van der Waals surface area contributed by atoms with E-state index in [0.29, 0.717) is 5.75 Å². The SMILES string of the molecule is C=C(C(=O)OC)C(OC(=O)OC(C)(C)C)c1cccc(OC)c1OC/C=C/C(=O)OC. The molecule has 0 aromatic heterocycles. The largest absolute Gasteiger partial charge is 0.509 e. The first-order valence-corrected chi connectivity index (χ1v) is 9.25. The van der Waals surface area contributed by atoms with Crippen LogP contribution in [0.3, 0.4) is 0 Å². The molecule has 1 atom stereocenters. The Morgan fingerprint density at radius 3 is 2.32 bits per heavy atom. The summed E-state index contributed by atoms with van der Waals surface area (Å²) in [6.45, 7) is 8.68. The van der Waals surface area contributed by atoms with Crippen molar-refractivity contribution in [2.75, 3.05) is 27.9 Å². The molecular formula is C22H28O9. The summed E-state index contributed by atoms with van der Waals surface area (Å²) in [4.78, 5) is 35.7. The van der Waals surface area contributed by atoms with E-state index in [1.807, 2.05) is 0 Å². The number of para-hydroxylation sites is 1. The van der Waals surface area contributed by atoms with Crippen molar-refractivity contribution in [1.29, 1.82) is 0 Å². The molecule has 1 aromatic carbocycles. The third kappa shape index (κ3) is 8.04. The second-order valence-electron chi connectivity index (χ2n) is 7.09. The Morgan fingerprint density at radius 1 is 1.10 bits per heavy atom. The summed E-state index contributed by atoms with van der Waals surface area (Å²) in [6.07, 6.45) is 0.330. The number of benzene rings is 1. The summed E-state index contributed by atoms with van der Waals surface area (Å²) in [7, 11) is 3.86. The average molecular weight is 436 g/mol. The minimum absolute atomic E-state index is 0.0354. The van der Waals surface area contributed by atoms with Gasteiger partial charge in [-0.3, -0.25) is 0 Å². The molecular weight excluding hydrogens is 408 g/mol. The van der Waals surface area contributed by atoms with Crippen LogP contribution < -0.4 is 9.47 Å². The third-order valence-electron chi connectivity index (χ3n) is 3.66. The molecule has 0 aliphatic carbocycles. The molecule has 0 amide bonds. The van der Waals surface area contributed by atoms with E-state index in [0.717, 1.165) is 0 Å². The Balaban J connectivity index is 3.33. The summed E-state index contributed by atoms with van der Waals surface area (Å²) >= 11 is 0. The first-order valence-electron chi connectivity index (χ1n) is 9.25. The molecule has 31 heavy (non-hydrogen) atoms. The van der Waals surface area contributed by atoms with Crippen LogP contribution in [0.4, 0.5) is 4.79 Å². The van der Waals surface area contributed by atoms with Crippen molar-refractivity contribution in [2.24, 2.45) is 0 Å². The van der Waals surface area contributed by atoms with Crippen molar-refractivity contribution >= 4 is 18.1 Å². The lowest BCUT2D eigenvalue weighted by Crippen LogP contribution is -2.27. The Kier molecular flexibility index (Phi) is 9.59. The van der Waals surface area contributed by atoms with Gasteiger partial charge < -0.3 is 28.4 Å². The predicted molar refractivity (Wildman–Crippen MR) is 111 cm³/mol. The van der Waals surface area contributed by atoms with Crippen LogP contribution in [0.1, 0.15) is 32.4 Å². The minimum Gasteiger partial charge on any atom is -0.493 e. The molecule has 0 N–H and O–H groups in total. The van der Waals surface area contributed by atoms with Gasteiger partial charge >= 0.3 is 18.1 Å². The summed E-state index contributed by atoms with van der Waals surface area (Å²) in [5, 5.41) is 0. The van der Waals surface area contributed by atoms with Crippen molar-refractivity contribution in [3.05, 3.63) is 48.1 Å². The monoisotopic (exact) mass is 436 g/mol. The number of hydrogen-bond acceptors (Lipinski definition) is 9. The maximum atomic E-state index is 12.3. The molecule has 1 unspecified atom stereocenters. The van der Waals surface area contributed by atoms with Crippen molar-refractivity contribution < 1.29 is 42.8 Å². The fourth-order valence-electron chi connectivity index (χ4n) is 2.33. The zero-order valence-corrected chi connectivity index (χ0v) is 18.6. The number of methoxy groups -OCH3 is 3. The fourth-order valence-corrected chi connectivity index (χ4v) is 2.33. The van der Waals surface area contributed by atoms with Gasteiger partial charge in [-0.2, -0.15) is 0 Å². The Hall–Kier alpha value is -3.49. The number of rotatable bonds is 9. The molecule has 0 spiro atoms. The van der Waals surface area contributed by atoms with Gasteiger partial charge in [0.25, 0.3) is 0 Å². The topological polar surface area (TPSA) is 107 Å². The first kappa shape index (κ1) is 25.5. The number of ether oxygens (including phenoxy) is 6. The van der Waals surface area contributed by atoms with E-state index in [9.17, 15) is 14.4 Å². The highest BCUT2D eigenvalue weighted by Crippen LogP contribution is 2.39. The van der Waals surface area contributed by atoms with Crippen molar-refractivity contribution in [1.82, 2.24) is 0 Å². The second kappa shape index (κ2) is 11.6. The number of carbonyl (C=O) groups is 3. The molecule has 0 saturated carbocycles. The van der Waals surface area contributed by atoms with Crippen LogP contribution >= 0.6 is 0 Å². The molecule has 0 bridgehead atoms. The van der Waals surface area contributed by atoms with Crippen LogP contribution in [0.2, 0.25) is 0 Å². The van der Waals surface area contributed by atoms with E-state index in [-0.39, 0.29) is 23.5 Å². The molecule has 0 aliphatic heterocycles. The molecule has 9 heteroatoms. The van der Waals surface area contributed by atoms with Crippen LogP contribution in [0, 0.1) is 0 Å². The van der Waals surface area contributed by atoms with Gasteiger partial charge in [-0.05, 0) is 32.9 Å². The molecule has 0 fully saturated rings. The predicted octanol–water partition coefficient (Wildman–Crippen LogP) is 3.53. The summed E-state index contributed by atoms with van der Waals surface area (Å²) in [5.74, 6) is -0.848. The normalized spacial score (nSPS) is 11.9. The first-order chi connectivity index (χ1) is 14.5. The Labute approximate surface area is 181 Å². The smallest absolute Gasteiger partial charge is 0.493 e. The van der Waals surface area contributed by atoms with Crippen LogP contribution in [0.15, 0.2) is 42.5 Å². The van der Waals surface area contributed by atoms with Crippen LogP contribution in [-0.4, -0.2) is 51.6 Å². The summed E-state index contributed by atoms with van der Waals surface area (Å²) < 4.78 is 30.9. The molecule has 0 heterocycles. The third-order valence-corrected chi connectivity index (χ3v) is 3.66. The van der Waals surface area contributed by atoms with E-state index < -0.39 is 29.8 Å². The summed E-state index contributed by atoms with van der Waals surface area (Å²) in [5.41, 5.74) is -0.704. The molecule has 0 aliphatic rings. The second-order valence-corrected chi connectivity index (χ2v) is 7.09. The Morgan fingerprint density at radius 2 is 1.77 bits per heavy atom. The minimum atomic E-state index is -1.28. The maximum Gasteiger partial charge on any atom is 0.509 e. The number of carbonyl (C=O) groups excluding carboxylic acids is 3. The zero-order valence-electron chi connectivity index (χ0n) is 18.6. The van der Waals surface area contributed by atoms with Crippen LogP contribution in [0.25, 0.3) is 0 Å². The van der Waals surface area contributed by atoms with Gasteiger partial charge in [-0.15, -0.1) is 0 Å². The molecule has 9 nitrogen and oxygen atoms in total. The van der Waals surface area contributed by atoms with Gasteiger partial charge in [0, 0.05) is 11.6 Å². The average Bonchev–Trinajstić information content (AvgIpc) is 2.72. The highest BCUT2D eigenvalue weighted by Gasteiger charge is 2.31. The fraction of sp³-hybridized carbons (Fsp3) is 0.409. The van der Waals surface area contributed by atoms with Gasteiger partial charge in [0.15, 0.2) is 17.6 Å². The lowest BCUT2D eigenvalue weighted by Gasteiger charge is -2.25. The standard InChI is InChI=1S/C22H28O9/c1-14(20(24)28-7)18(30-21(25)31-22(2,3)4)15-10-8-11-16(26-5)19(15)29-13-9-12-17(23)27-6/h8-12,18H,1,13H2,2-7H3/b12-9+. The number of esters is 2. The lowest BCUT2D eigenvalue weighted by atomic mass is 10.0. The maximum absolute atomic E-state index is 12.3. The Bertz CT molecular complexity index is 834. The van der Waals surface area contributed by atoms with E-state index in [1.54, 1.807) is 39.0 Å². The van der Waals surface area contributed by atoms with E-state index in [4.69, 9.17) is 23.7 Å². The molecule has 0 radical (unpaired) electrons. The van der Waals surface area contributed by atoms with Gasteiger partial charge in [-0.25, -0.2) is 14.4 Å². The van der Waals surface area contributed by atoms with E-state index >= 15 is 0 Å². The molecule has 170 valence electrons. The highest BCUT2D eigenvalue weighted by molar-refractivity contribution is 5.89. The van der Waals surface area contributed by atoms with Crippen LogP contribution in [0.5, 0.6) is 11.5 Å². The quantitative estimate of drug-likeness (QED) is 0.326. The van der Waals surface area contributed by atoms with Crippen molar-refractivity contribution in [2.45, 2.75) is 32.5 Å². The van der Waals surface area contributed by atoms with Gasteiger partial charge in [0.2, 0.25) is 0 Å². The van der Waals surface area contributed by atoms with E-state index in [1.165, 1.54) is 33.5 Å². The summed E-state index contributed by atoms with van der Waals surface area (Å²) in [6, 6.07) is 4.82. The van der Waals surface area contributed by atoms with Gasteiger partial charge in [-0.1, -0.05) is 18.7 Å². The molecule has 1 aromatic rings. The highest BCUT2D eigenvalue weighted by atomic mass is 16.7. The molecule has 1 rings (SSSR count).